The monoisotopic (exact) mass is 217 g/mol. The molecule has 1 aliphatic heterocycles. The van der Waals surface area contributed by atoms with Crippen LogP contribution in [0.3, 0.4) is 0 Å². The minimum atomic E-state index is -1.59. The Labute approximate surface area is 88.4 Å². The third-order valence-corrected chi connectivity index (χ3v) is 2.18. The summed E-state index contributed by atoms with van der Waals surface area (Å²) >= 11 is 0. The van der Waals surface area contributed by atoms with Crippen molar-refractivity contribution in [2.75, 3.05) is 6.54 Å². The Morgan fingerprint density at radius 1 is 1.53 bits per heavy atom. The number of likely N-dealkylation sites (tertiary alicyclic amines) is 1. The van der Waals surface area contributed by atoms with Gasteiger partial charge in [-0.2, -0.15) is 0 Å². The summed E-state index contributed by atoms with van der Waals surface area (Å²) in [6.07, 6.45) is -2.22. The molecule has 1 heterocycles. The fourth-order valence-corrected chi connectivity index (χ4v) is 1.38. The Kier molecular flexibility index (Phi) is 3.02. The number of carbonyl (C=O) groups is 2. The zero-order valence-electron chi connectivity index (χ0n) is 9.41. The first kappa shape index (κ1) is 11.9. The van der Waals surface area contributed by atoms with Crippen LogP contribution in [0.25, 0.3) is 0 Å². The number of amides is 1. The molecule has 0 bridgehead atoms. The van der Waals surface area contributed by atoms with Crippen LogP contribution >= 0.6 is 0 Å². The third-order valence-electron chi connectivity index (χ3n) is 2.18. The van der Waals surface area contributed by atoms with Crippen molar-refractivity contribution in [3.8, 4) is 0 Å². The standard InChI is InChI=1S/C10H16FNO3/c1-6-8(11)7(13)5-12(6)9(14)15-10(2,3)4/h6,8H,5H2,1-4H3/t6-,8-/m1/s1. The summed E-state index contributed by atoms with van der Waals surface area (Å²) < 4.78 is 18.2. The van der Waals surface area contributed by atoms with Gasteiger partial charge in [0.05, 0.1) is 12.6 Å². The maximum Gasteiger partial charge on any atom is 0.411 e. The van der Waals surface area contributed by atoms with Crippen LogP contribution < -0.4 is 0 Å². The van der Waals surface area contributed by atoms with Gasteiger partial charge < -0.3 is 4.74 Å². The van der Waals surface area contributed by atoms with Crippen molar-refractivity contribution in [3.63, 3.8) is 0 Å². The largest absolute Gasteiger partial charge is 0.444 e. The lowest BCUT2D eigenvalue weighted by Crippen LogP contribution is -2.40. The van der Waals surface area contributed by atoms with E-state index in [1.165, 1.54) is 6.92 Å². The van der Waals surface area contributed by atoms with Crippen molar-refractivity contribution in [2.24, 2.45) is 0 Å². The Hall–Kier alpha value is -1.13. The first-order valence-electron chi connectivity index (χ1n) is 4.89. The van der Waals surface area contributed by atoms with E-state index in [2.05, 4.69) is 0 Å². The molecule has 0 aliphatic carbocycles. The van der Waals surface area contributed by atoms with Crippen LogP contribution in [0.1, 0.15) is 27.7 Å². The van der Waals surface area contributed by atoms with Crippen molar-refractivity contribution in [1.29, 1.82) is 0 Å². The minimum Gasteiger partial charge on any atom is -0.444 e. The first-order valence-corrected chi connectivity index (χ1v) is 4.89. The lowest BCUT2D eigenvalue weighted by molar-refractivity contribution is -0.120. The van der Waals surface area contributed by atoms with Gasteiger partial charge in [-0.25, -0.2) is 9.18 Å². The van der Waals surface area contributed by atoms with Gasteiger partial charge in [0.25, 0.3) is 0 Å². The fourth-order valence-electron chi connectivity index (χ4n) is 1.38. The smallest absolute Gasteiger partial charge is 0.411 e. The molecule has 86 valence electrons. The molecule has 0 aromatic rings. The van der Waals surface area contributed by atoms with E-state index in [1.54, 1.807) is 20.8 Å². The van der Waals surface area contributed by atoms with Crippen molar-refractivity contribution in [3.05, 3.63) is 0 Å². The molecule has 1 aliphatic rings. The van der Waals surface area contributed by atoms with Gasteiger partial charge in [-0.3, -0.25) is 9.69 Å². The van der Waals surface area contributed by atoms with Gasteiger partial charge >= 0.3 is 6.09 Å². The Morgan fingerprint density at radius 3 is 2.40 bits per heavy atom. The molecule has 4 nitrogen and oxygen atoms in total. The molecular weight excluding hydrogens is 201 g/mol. The van der Waals surface area contributed by atoms with E-state index in [0.29, 0.717) is 0 Å². The van der Waals surface area contributed by atoms with E-state index in [9.17, 15) is 14.0 Å². The minimum absolute atomic E-state index is 0.197. The number of nitrogens with zero attached hydrogens (tertiary/aromatic N) is 1. The molecule has 0 unspecified atom stereocenters. The maximum atomic E-state index is 13.2. The second-order valence-corrected chi connectivity index (χ2v) is 4.72. The van der Waals surface area contributed by atoms with Crippen molar-refractivity contribution in [1.82, 2.24) is 4.90 Å². The topological polar surface area (TPSA) is 46.6 Å². The van der Waals surface area contributed by atoms with Gasteiger partial charge in [0.15, 0.2) is 12.0 Å². The molecule has 0 radical (unpaired) electrons. The number of ketones is 1. The van der Waals surface area contributed by atoms with Gasteiger partial charge in [-0.1, -0.05) is 0 Å². The number of hydrogen-bond acceptors (Lipinski definition) is 3. The zero-order chi connectivity index (χ0) is 11.8. The highest BCUT2D eigenvalue weighted by atomic mass is 19.1. The molecule has 15 heavy (non-hydrogen) atoms. The van der Waals surface area contributed by atoms with E-state index in [-0.39, 0.29) is 6.54 Å². The van der Waals surface area contributed by atoms with Crippen LogP contribution in [-0.2, 0) is 9.53 Å². The van der Waals surface area contributed by atoms with Gasteiger partial charge in [-0.05, 0) is 27.7 Å². The summed E-state index contributed by atoms with van der Waals surface area (Å²) in [5.41, 5.74) is -0.631. The summed E-state index contributed by atoms with van der Waals surface area (Å²) in [6, 6.07) is -0.729. The van der Waals surface area contributed by atoms with Crippen molar-refractivity contribution >= 4 is 11.9 Å². The van der Waals surface area contributed by atoms with E-state index in [0.717, 1.165) is 4.90 Å². The van der Waals surface area contributed by atoms with E-state index < -0.39 is 29.7 Å². The second kappa shape index (κ2) is 3.79. The van der Waals surface area contributed by atoms with Gasteiger partial charge in [0.2, 0.25) is 0 Å². The Morgan fingerprint density at radius 2 is 2.07 bits per heavy atom. The Balaban J connectivity index is 2.66. The molecule has 5 heteroatoms. The second-order valence-electron chi connectivity index (χ2n) is 4.72. The molecule has 0 saturated carbocycles. The quantitative estimate of drug-likeness (QED) is 0.618. The highest BCUT2D eigenvalue weighted by Gasteiger charge is 2.42. The van der Waals surface area contributed by atoms with E-state index >= 15 is 0 Å². The average Bonchev–Trinajstić information content (AvgIpc) is 2.30. The first-order chi connectivity index (χ1) is 6.72. The van der Waals surface area contributed by atoms with Crippen LogP contribution in [0.15, 0.2) is 0 Å². The number of carbonyl (C=O) groups excluding carboxylic acids is 2. The van der Waals surface area contributed by atoms with Crippen LogP contribution in [0.2, 0.25) is 0 Å². The zero-order valence-corrected chi connectivity index (χ0v) is 9.41. The molecule has 0 aromatic heterocycles. The molecule has 2 atom stereocenters. The van der Waals surface area contributed by atoms with Gasteiger partial charge in [0, 0.05) is 0 Å². The third kappa shape index (κ3) is 2.67. The predicted octanol–water partition coefficient (Wildman–Crippen LogP) is 1.53. The number of halogens is 1. The molecule has 0 aromatic carbocycles. The average molecular weight is 217 g/mol. The summed E-state index contributed by atoms with van der Waals surface area (Å²) in [6.45, 7) is 6.47. The van der Waals surface area contributed by atoms with Crippen molar-refractivity contribution < 1.29 is 18.7 Å². The van der Waals surface area contributed by atoms with Crippen LogP contribution in [0, 0.1) is 0 Å². The van der Waals surface area contributed by atoms with Gasteiger partial charge in [-0.15, -0.1) is 0 Å². The molecule has 1 rings (SSSR count). The summed E-state index contributed by atoms with van der Waals surface area (Å²) in [4.78, 5) is 23.7. The van der Waals surface area contributed by atoms with Crippen LogP contribution in [0.4, 0.5) is 9.18 Å². The van der Waals surface area contributed by atoms with Crippen LogP contribution in [0.5, 0.6) is 0 Å². The number of Topliss-reactive ketones (excluding diaryl/α,β-unsaturated/α-hetero) is 1. The predicted molar refractivity (Wildman–Crippen MR) is 52.3 cm³/mol. The lowest BCUT2D eigenvalue weighted by Gasteiger charge is -2.26. The summed E-state index contributed by atoms with van der Waals surface area (Å²) in [5.74, 6) is -0.562. The van der Waals surface area contributed by atoms with Crippen molar-refractivity contribution in [2.45, 2.75) is 45.5 Å². The van der Waals surface area contributed by atoms with Crippen LogP contribution in [-0.4, -0.2) is 41.1 Å². The number of hydrogen-bond donors (Lipinski definition) is 0. The Bertz CT molecular complexity index is 285. The SMILES string of the molecule is C[C@@H]1[C@@H](F)C(=O)CN1C(=O)OC(C)(C)C. The molecular formula is C10H16FNO3. The van der Waals surface area contributed by atoms with E-state index in [4.69, 9.17) is 4.74 Å². The summed E-state index contributed by atoms with van der Waals surface area (Å²) in [7, 11) is 0. The highest BCUT2D eigenvalue weighted by molar-refractivity contribution is 5.91. The lowest BCUT2D eigenvalue weighted by atomic mass is 10.2. The molecule has 1 amide bonds. The highest BCUT2D eigenvalue weighted by Crippen LogP contribution is 2.20. The normalized spacial score (nSPS) is 27.0. The van der Waals surface area contributed by atoms with Gasteiger partial charge in [0.1, 0.15) is 5.60 Å². The number of ether oxygens (including phenoxy) is 1. The summed E-state index contributed by atoms with van der Waals surface area (Å²) in [5, 5.41) is 0. The number of alkyl halides is 1. The maximum absolute atomic E-state index is 13.2. The molecule has 0 spiro atoms. The number of rotatable bonds is 0. The molecule has 0 N–H and O–H groups in total. The van der Waals surface area contributed by atoms with E-state index in [1.807, 2.05) is 0 Å². The molecule has 1 fully saturated rings. The molecule has 1 saturated heterocycles. The fraction of sp³-hybridized carbons (Fsp3) is 0.800.